The van der Waals surface area contributed by atoms with E-state index in [1.165, 1.54) is 15.6 Å². The number of nitrogens with two attached hydrogens (primary N) is 1. The monoisotopic (exact) mass is 382 g/mol. The number of halogens is 2. The molecule has 132 valence electrons. The number of nitrogens with zero attached hydrogens (tertiary/aromatic N) is 5. The largest absolute Gasteiger partial charge is 0.346 e. The SMILES string of the molecule is Cn1c(-c2ccc(Cn3cnn(C/C(=C/F)CN)c3=O)s2)cnc1Cl. The van der Waals surface area contributed by atoms with Gasteiger partial charge in [0.15, 0.2) is 0 Å². The third-order valence-electron chi connectivity index (χ3n) is 3.74. The fourth-order valence-electron chi connectivity index (χ4n) is 2.31. The molecule has 3 aromatic rings. The van der Waals surface area contributed by atoms with E-state index >= 15 is 0 Å². The first-order chi connectivity index (χ1) is 12.0. The Labute approximate surface area is 151 Å². The van der Waals surface area contributed by atoms with Crippen LogP contribution in [0.5, 0.6) is 0 Å². The molecule has 2 N–H and O–H groups in total. The highest BCUT2D eigenvalue weighted by molar-refractivity contribution is 7.15. The smallest absolute Gasteiger partial charge is 0.327 e. The van der Waals surface area contributed by atoms with Crippen molar-refractivity contribution < 1.29 is 4.39 Å². The van der Waals surface area contributed by atoms with Crippen molar-refractivity contribution >= 4 is 22.9 Å². The summed E-state index contributed by atoms with van der Waals surface area (Å²) in [4.78, 5) is 18.4. The zero-order valence-electron chi connectivity index (χ0n) is 13.4. The third kappa shape index (κ3) is 3.58. The molecule has 0 spiro atoms. The van der Waals surface area contributed by atoms with Gasteiger partial charge < -0.3 is 10.3 Å². The number of imidazole rings is 1. The van der Waals surface area contributed by atoms with Gasteiger partial charge in [0.25, 0.3) is 0 Å². The van der Waals surface area contributed by atoms with Crippen LogP contribution in [0.4, 0.5) is 4.39 Å². The Kier molecular flexibility index (Phi) is 5.16. The predicted octanol–water partition coefficient (Wildman–Crippen LogP) is 2.02. The summed E-state index contributed by atoms with van der Waals surface area (Å²) in [5, 5.41) is 4.42. The highest BCUT2D eigenvalue weighted by Gasteiger charge is 2.12. The van der Waals surface area contributed by atoms with Crippen LogP contribution >= 0.6 is 22.9 Å². The molecule has 7 nitrogen and oxygen atoms in total. The van der Waals surface area contributed by atoms with Crippen molar-refractivity contribution in [1.29, 1.82) is 0 Å². The van der Waals surface area contributed by atoms with Gasteiger partial charge in [0.1, 0.15) is 6.33 Å². The average molecular weight is 383 g/mol. The molecular weight excluding hydrogens is 367 g/mol. The van der Waals surface area contributed by atoms with Crippen LogP contribution in [-0.2, 0) is 20.1 Å². The zero-order valence-corrected chi connectivity index (χ0v) is 15.0. The molecule has 10 heteroatoms. The number of aromatic nitrogens is 5. The summed E-state index contributed by atoms with van der Waals surface area (Å²) in [5.41, 5.74) is 6.31. The number of thiophene rings is 1. The third-order valence-corrected chi connectivity index (χ3v) is 5.18. The van der Waals surface area contributed by atoms with Gasteiger partial charge in [-0.1, -0.05) is 0 Å². The van der Waals surface area contributed by atoms with Crippen molar-refractivity contribution in [1.82, 2.24) is 23.9 Å². The molecule has 0 bridgehead atoms. The van der Waals surface area contributed by atoms with Crippen LogP contribution in [0.2, 0.25) is 5.28 Å². The molecule has 0 amide bonds. The number of hydrogen-bond acceptors (Lipinski definition) is 5. The molecule has 0 saturated carbocycles. The molecule has 0 aromatic carbocycles. The van der Waals surface area contributed by atoms with Gasteiger partial charge in [-0.25, -0.2) is 18.9 Å². The molecule has 0 radical (unpaired) electrons. The van der Waals surface area contributed by atoms with Crippen LogP contribution in [0.1, 0.15) is 4.88 Å². The second-order valence-electron chi connectivity index (χ2n) is 5.41. The molecule has 25 heavy (non-hydrogen) atoms. The van der Waals surface area contributed by atoms with Crippen molar-refractivity contribution in [3.05, 3.63) is 57.2 Å². The molecule has 3 rings (SSSR count). The van der Waals surface area contributed by atoms with Gasteiger partial charge in [0, 0.05) is 18.5 Å². The molecule has 3 heterocycles. The maximum Gasteiger partial charge on any atom is 0.346 e. The predicted molar refractivity (Wildman–Crippen MR) is 95.4 cm³/mol. The summed E-state index contributed by atoms with van der Waals surface area (Å²) in [6, 6.07) is 3.90. The Morgan fingerprint density at radius 3 is 2.92 bits per heavy atom. The molecule has 0 unspecified atom stereocenters. The van der Waals surface area contributed by atoms with Gasteiger partial charge in [-0.15, -0.1) is 11.3 Å². The Bertz CT molecular complexity index is 969. The van der Waals surface area contributed by atoms with Crippen LogP contribution in [0.3, 0.4) is 0 Å². The van der Waals surface area contributed by atoms with Crippen LogP contribution in [0, 0.1) is 0 Å². The van der Waals surface area contributed by atoms with Crippen LogP contribution in [-0.4, -0.2) is 30.4 Å². The molecule has 0 saturated heterocycles. The van der Waals surface area contributed by atoms with Crippen molar-refractivity contribution in [2.45, 2.75) is 13.1 Å². The minimum absolute atomic E-state index is 0.0390. The van der Waals surface area contributed by atoms with Gasteiger partial charge >= 0.3 is 5.69 Å². The highest BCUT2D eigenvalue weighted by Crippen LogP contribution is 2.29. The number of rotatable bonds is 6. The van der Waals surface area contributed by atoms with Crippen molar-refractivity contribution in [2.75, 3.05) is 6.54 Å². The maximum absolute atomic E-state index is 12.6. The topological polar surface area (TPSA) is 83.7 Å². The van der Waals surface area contributed by atoms with E-state index in [-0.39, 0.29) is 18.8 Å². The van der Waals surface area contributed by atoms with E-state index in [0.29, 0.717) is 23.7 Å². The lowest BCUT2D eigenvalue weighted by molar-refractivity contribution is 0.604. The average Bonchev–Trinajstić information content (AvgIpc) is 3.29. The molecule has 0 fully saturated rings. The van der Waals surface area contributed by atoms with E-state index in [2.05, 4.69) is 10.1 Å². The summed E-state index contributed by atoms with van der Waals surface area (Å²) in [6.07, 6.45) is 3.56. The molecule has 0 aliphatic rings. The Balaban J connectivity index is 1.79. The summed E-state index contributed by atoms with van der Waals surface area (Å²) in [5.74, 6) is 0. The first-order valence-electron chi connectivity index (χ1n) is 7.40. The quantitative estimate of drug-likeness (QED) is 0.707. The lowest BCUT2D eigenvalue weighted by Gasteiger charge is -2.01. The summed E-state index contributed by atoms with van der Waals surface area (Å²) >= 11 is 7.51. The normalized spacial score (nSPS) is 12.1. The summed E-state index contributed by atoms with van der Waals surface area (Å²) < 4.78 is 17.1. The van der Waals surface area contributed by atoms with Crippen LogP contribution in [0.15, 0.2) is 41.4 Å². The molecule has 0 aliphatic heterocycles. The van der Waals surface area contributed by atoms with Gasteiger partial charge in [0.2, 0.25) is 5.28 Å². The van der Waals surface area contributed by atoms with Crippen molar-refractivity contribution in [2.24, 2.45) is 12.8 Å². The lowest BCUT2D eigenvalue weighted by atomic mass is 10.3. The lowest BCUT2D eigenvalue weighted by Crippen LogP contribution is -2.26. The van der Waals surface area contributed by atoms with Gasteiger partial charge in [-0.05, 0) is 29.3 Å². The molecule has 0 aliphatic carbocycles. The highest BCUT2D eigenvalue weighted by atomic mass is 35.5. The second-order valence-corrected chi connectivity index (χ2v) is 6.91. The van der Waals surface area contributed by atoms with Gasteiger partial charge in [0.05, 0.1) is 36.2 Å². The summed E-state index contributed by atoms with van der Waals surface area (Å²) in [6.45, 7) is 0.464. The Hall–Kier alpha value is -2.23. The fourth-order valence-corrected chi connectivity index (χ4v) is 3.50. The Morgan fingerprint density at radius 1 is 1.48 bits per heavy atom. The van der Waals surface area contributed by atoms with Crippen molar-refractivity contribution in [3.8, 4) is 10.6 Å². The fraction of sp³-hybridized carbons (Fsp3) is 0.267. The maximum atomic E-state index is 12.6. The molecular formula is C15H16ClFN6OS. The number of hydrogen-bond donors (Lipinski definition) is 1. The van der Waals surface area contributed by atoms with Gasteiger partial charge in [-0.3, -0.25) is 4.57 Å². The van der Waals surface area contributed by atoms with E-state index in [4.69, 9.17) is 17.3 Å². The Morgan fingerprint density at radius 2 is 2.28 bits per heavy atom. The van der Waals surface area contributed by atoms with Crippen LogP contribution < -0.4 is 11.4 Å². The molecule has 3 aromatic heterocycles. The van der Waals surface area contributed by atoms with Gasteiger partial charge in [-0.2, -0.15) is 5.10 Å². The van der Waals surface area contributed by atoms with E-state index in [9.17, 15) is 9.18 Å². The van der Waals surface area contributed by atoms with E-state index in [0.717, 1.165) is 15.4 Å². The standard InChI is InChI=1S/C15H16ClFN6OS/c1-21-12(6-19-14(21)16)13-3-2-11(25-13)8-22-9-20-23(15(22)24)7-10(4-17)5-18/h2-4,6,9H,5,7-8,18H2,1H3/b10-4+. The minimum Gasteiger partial charge on any atom is -0.327 e. The molecule has 0 atom stereocenters. The summed E-state index contributed by atoms with van der Waals surface area (Å²) in [7, 11) is 1.84. The van der Waals surface area contributed by atoms with Crippen molar-refractivity contribution in [3.63, 3.8) is 0 Å². The second kappa shape index (κ2) is 7.34. The zero-order chi connectivity index (χ0) is 18.0. The van der Waals surface area contributed by atoms with E-state index < -0.39 is 0 Å². The van der Waals surface area contributed by atoms with E-state index in [1.807, 2.05) is 19.2 Å². The first-order valence-corrected chi connectivity index (χ1v) is 8.59. The van der Waals surface area contributed by atoms with Crippen LogP contribution in [0.25, 0.3) is 10.6 Å². The minimum atomic E-state index is -0.314. The van der Waals surface area contributed by atoms with E-state index in [1.54, 1.807) is 22.1 Å². The first kappa shape index (κ1) is 17.6.